The minimum absolute atomic E-state index is 0.937. The molecule has 0 spiro atoms. The maximum atomic E-state index is 9.10. The summed E-state index contributed by atoms with van der Waals surface area (Å²) in [6.07, 6.45) is 4.29. The summed E-state index contributed by atoms with van der Waals surface area (Å²) in [7, 11) is 2.13. The standard InChI is InChI=1S/C11H16N2O.C2H2O4/c1-3-10-7-11(14-12-10)9-5-4-6-13(2)8-9;3-1(4)2(5)6/h5,7H,3-4,6,8H2,1-2H3;(H,3,4)(H,5,6). The zero-order valence-electron chi connectivity index (χ0n) is 11.5. The van der Waals surface area contributed by atoms with Crippen LogP contribution >= 0.6 is 0 Å². The third-order valence-corrected chi connectivity index (χ3v) is 2.76. The van der Waals surface area contributed by atoms with Crippen LogP contribution in [-0.4, -0.2) is 52.3 Å². The molecular formula is C13H18N2O5. The van der Waals surface area contributed by atoms with E-state index in [4.69, 9.17) is 24.3 Å². The molecule has 0 saturated carbocycles. The van der Waals surface area contributed by atoms with Crippen molar-refractivity contribution in [1.82, 2.24) is 10.1 Å². The second-order valence-electron chi connectivity index (χ2n) is 4.40. The molecule has 1 aliphatic rings. The van der Waals surface area contributed by atoms with Crippen molar-refractivity contribution in [2.45, 2.75) is 19.8 Å². The van der Waals surface area contributed by atoms with E-state index >= 15 is 0 Å². The van der Waals surface area contributed by atoms with Gasteiger partial charge < -0.3 is 19.6 Å². The Hall–Kier alpha value is -2.15. The Morgan fingerprint density at radius 1 is 1.40 bits per heavy atom. The molecule has 20 heavy (non-hydrogen) atoms. The van der Waals surface area contributed by atoms with Gasteiger partial charge in [-0.15, -0.1) is 0 Å². The predicted octanol–water partition coefficient (Wildman–Crippen LogP) is 1.11. The van der Waals surface area contributed by atoms with Crippen molar-refractivity contribution in [2.24, 2.45) is 0 Å². The van der Waals surface area contributed by atoms with Crippen LogP contribution in [0.3, 0.4) is 0 Å². The van der Waals surface area contributed by atoms with Crippen LogP contribution in [-0.2, 0) is 16.0 Å². The Labute approximate surface area is 116 Å². The summed E-state index contributed by atoms with van der Waals surface area (Å²) in [4.78, 5) is 20.5. The number of aliphatic carboxylic acids is 2. The molecule has 0 saturated heterocycles. The highest BCUT2D eigenvalue weighted by molar-refractivity contribution is 6.27. The van der Waals surface area contributed by atoms with Crippen LogP contribution in [0.1, 0.15) is 24.8 Å². The summed E-state index contributed by atoms with van der Waals surface area (Å²) in [5.41, 5.74) is 2.31. The number of rotatable bonds is 2. The molecular weight excluding hydrogens is 264 g/mol. The van der Waals surface area contributed by atoms with Gasteiger partial charge >= 0.3 is 11.9 Å². The van der Waals surface area contributed by atoms with Gasteiger partial charge in [0.05, 0.1) is 5.69 Å². The molecule has 0 bridgehead atoms. The number of nitrogens with zero attached hydrogens (tertiary/aromatic N) is 2. The number of aromatic nitrogens is 1. The van der Waals surface area contributed by atoms with Crippen molar-refractivity contribution in [3.63, 3.8) is 0 Å². The monoisotopic (exact) mass is 282 g/mol. The topological polar surface area (TPSA) is 104 Å². The highest BCUT2D eigenvalue weighted by Crippen LogP contribution is 2.20. The molecule has 0 aliphatic carbocycles. The number of hydrogen-bond donors (Lipinski definition) is 2. The van der Waals surface area contributed by atoms with E-state index in [9.17, 15) is 0 Å². The van der Waals surface area contributed by atoms with Crippen LogP contribution in [0, 0.1) is 0 Å². The van der Waals surface area contributed by atoms with E-state index in [1.807, 2.05) is 6.07 Å². The second-order valence-corrected chi connectivity index (χ2v) is 4.40. The fraction of sp³-hybridized carbons (Fsp3) is 0.462. The number of hydrogen-bond acceptors (Lipinski definition) is 5. The van der Waals surface area contributed by atoms with Gasteiger partial charge in [-0.3, -0.25) is 0 Å². The lowest BCUT2D eigenvalue weighted by Crippen LogP contribution is -2.24. The smallest absolute Gasteiger partial charge is 0.414 e. The number of carboxylic acid groups (broad SMARTS) is 2. The van der Waals surface area contributed by atoms with Crippen LogP contribution in [0.4, 0.5) is 0 Å². The summed E-state index contributed by atoms with van der Waals surface area (Å²) in [6.45, 7) is 4.19. The maximum absolute atomic E-state index is 9.10. The Bertz CT molecular complexity index is 495. The minimum Gasteiger partial charge on any atom is -0.473 e. The lowest BCUT2D eigenvalue weighted by molar-refractivity contribution is -0.159. The van der Waals surface area contributed by atoms with Crippen LogP contribution in [0.2, 0.25) is 0 Å². The molecule has 110 valence electrons. The normalized spacial score (nSPS) is 15.0. The van der Waals surface area contributed by atoms with Crippen LogP contribution < -0.4 is 0 Å². The van der Waals surface area contributed by atoms with Gasteiger partial charge in [0, 0.05) is 24.7 Å². The molecule has 0 fully saturated rings. The van der Waals surface area contributed by atoms with E-state index in [0.717, 1.165) is 37.4 Å². The number of likely N-dealkylation sites (N-methyl/N-ethyl adjacent to an activating group) is 1. The summed E-state index contributed by atoms with van der Waals surface area (Å²) in [6, 6.07) is 2.05. The molecule has 2 N–H and O–H groups in total. The van der Waals surface area contributed by atoms with Gasteiger partial charge in [0.15, 0.2) is 5.76 Å². The third kappa shape index (κ3) is 4.85. The van der Waals surface area contributed by atoms with Crippen molar-refractivity contribution < 1.29 is 24.3 Å². The third-order valence-electron chi connectivity index (χ3n) is 2.76. The average molecular weight is 282 g/mol. The Morgan fingerprint density at radius 3 is 2.50 bits per heavy atom. The lowest BCUT2D eigenvalue weighted by atomic mass is 10.1. The number of aryl methyl sites for hydroxylation is 1. The first kappa shape index (κ1) is 15.9. The molecule has 2 heterocycles. The van der Waals surface area contributed by atoms with Gasteiger partial charge in [-0.1, -0.05) is 18.2 Å². The first-order valence-corrected chi connectivity index (χ1v) is 6.23. The molecule has 0 unspecified atom stereocenters. The zero-order valence-corrected chi connectivity index (χ0v) is 11.5. The van der Waals surface area contributed by atoms with Crippen molar-refractivity contribution in [3.8, 4) is 0 Å². The maximum Gasteiger partial charge on any atom is 0.414 e. The summed E-state index contributed by atoms with van der Waals surface area (Å²) < 4.78 is 5.30. The Balaban J connectivity index is 0.000000286. The quantitative estimate of drug-likeness (QED) is 0.783. The SMILES string of the molecule is CCc1cc(C2=CCCN(C)C2)on1.O=C(O)C(=O)O. The summed E-state index contributed by atoms with van der Waals surface area (Å²) in [5.74, 6) is -2.71. The Kier molecular flexibility index (Phi) is 5.92. The van der Waals surface area contributed by atoms with Gasteiger partial charge in [0.25, 0.3) is 0 Å². The van der Waals surface area contributed by atoms with Gasteiger partial charge in [-0.2, -0.15) is 0 Å². The molecule has 0 amide bonds. The second kappa shape index (κ2) is 7.44. The Morgan fingerprint density at radius 2 is 2.05 bits per heavy atom. The van der Waals surface area contributed by atoms with Crippen LogP contribution in [0.25, 0.3) is 5.57 Å². The van der Waals surface area contributed by atoms with E-state index in [-0.39, 0.29) is 0 Å². The van der Waals surface area contributed by atoms with Crippen molar-refractivity contribution >= 4 is 17.5 Å². The van der Waals surface area contributed by atoms with E-state index in [2.05, 4.69) is 30.1 Å². The van der Waals surface area contributed by atoms with E-state index in [0.29, 0.717) is 0 Å². The fourth-order valence-electron chi connectivity index (χ4n) is 1.70. The van der Waals surface area contributed by atoms with E-state index < -0.39 is 11.9 Å². The van der Waals surface area contributed by atoms with Gasteiger partial charge in [-0.25, -0.2) is 9.59 Å². The average Bonchev–Trinajstić information content (AvgIpc) is 2.88. The van der Waals surface area contributed by atoms with Crippen molar-refractivity contribution in [1.29, 1.82) is 0 Å². The molecule has 1 aliphatic heterocycles. The highest BCUT2D eigenvalue weighted by atomic mass is 16.5. The largest absolute Gasteiger partial charge is 0.473 e. The van der Waals surface area contributed by atoms with Gasteiger partial charge in [-0.05, 0) is 19.9 Å². The molecule has 1 aromatic rings. The fourth-order valence-corrected chi connectivity index (χ4v) is 1.70. The molecule has 2 rings (SSSR count). The number of carboxylic acids is 2. The van der Waals surface area contributed by atoms with Crippen LogP contribution in [0.15, 0.2) is 16.7 Å². The van der Waals surface area contributed by atoms with E-state index in [1.54, 1.807) is 0 Å². The minimum atomic E-state index is -1.82. The van der Waals surface area contributed by atoms with Crippen LogP contribution in [0.5, 0.6) is 0 Å². The molecule has 0 aromatic carbocycles. The first-order valence-electron chi connectivity index (χ1n) is 6.23. The predicted molar refractivity (Wildman–Crippen MR) is 71.2 cm³/mol. The highest BCUT2D eigenvalue weighted by Gasteiger charge is 2.14. The van der Waals surface area contributed by atoms with E-state index in [1.165, 1.54) is 5.57 Å². The molecule has 1 aromatic heterocycles. The first-order chi connectivity index (χ1) is 9.43. The molecule has 7 heteroatoms. The van der Waals surface area contributed by atoms with Crippen molar-refractivity contribution in [2.75, 3.05) is 20.1 Å². The molecule has 7 nitrogen and oxygen atoms in total. The van der Waals surface area contributed by atoms with Crippen molar-refractivity contribution in [3.05, 3.63) is 23.6 Å². The lowest BCUT2D eigenvalue weighted by Gasteiger charge is -2.21. The summed E-state index contributed by atoms with van der Waals surface area (Å²) in [5, 5.41) is 18.8. The van der Waals surface area contributed by atoms with Gasteiger partial charge in [0.1, 0.15) is 0 Å². The molecule has 0 radical (unpaired) electrons. The summed E-state index contributed by atoms with van der Waals surface area (Å²) >= 11 is 0. The van der Waals surface area contributed by atoms with Gasteiger partial charge in [0.2, 0.25) is 0 Å². The number of carbonyl (C=O) groups is 2. The molecule has 0 atom stereocenters. The zero-order chi connectivity index (χ0) is 15.1.